The fourth-order valence-electron chi connectivity index (χ4n) is 2.11. The minimum absolute atomic E-state index is 0.422. The standard InChI is InChI=1S/C9H16O2/c1-2-4-8(3-1)9-7-10-5-6-11-9/h8-9H,1-7H2. The van der Waals surface area contributed by atoms with Crippen molar-refractivity contribution in [1.82, 2.24) is 0 Å². The number of ether oxygens (including phenoxy) is 2. The van der Waals surface area contributed by atoms with E-state index in [4.69, 9.17) is 9.47 Å². The van der Waals surface area contributed by atoms with Crippen molar-refractivity contribution in [3.05, 3.63) is 0 Å². The maximum atomic E-state index is 5.64. The molecule has 0 N–H and O–H groups in total. The van der Waals surface area contributed by atoms with E-state index in [-0.39, 0.29) is 0 Å². The second-order valence-corrected chi connectivity index (χ2v) is 3.53. The Bertz CT molecular complexity index is 113. The molecule has 0 aromatic rings. The largest absolute Gasteiger partial charge is 0.376 e. The molecule has 1 heterocycles. The van der Waals surface area contributed by atoms with Gasteiger partial charge >= 0.3 is 0 Å². The van der Waals surface area contributed by atoms with Crippen LogP contribution in [-0.4, -0.2) is 25.9 Å². The van der Waals surface area contributed by atoms with E-state index in [9.17, 15) is 0 Å². The van der Waals surface area contributed by atoms with Crippen LogP contribution in [0.15, 0.2) is 0 Å². The molecule has 1 saturated heterocycles. The van der Waals surface area contributed by atoms with Crippen molar-refractivity contribution in [2.24, 2.45) is 5.92 Å². The zero-order valence-corrected chi connectivity index (χ0v) is 6.92. The molecule has 11 heavy (non-hydrogen) atoms. The van der Waals surface area contributed by atoms with E-state index in [0.717, 1.165) is 25.7 Å². The molecule has 1 aliphatic heterocycles. The van der Waals surface area contributed by atoms with Crippen molar-refractivity contribution in [3.8, 4) is 0 Å². The summed E-state index contributed by atoms with van der Waals surface area (Å²) >= 11 is 0. The molecule has 1 aliphatic carbocycles. The summed E-state index contributed by atoms with van der Waals surface area (Å²) < 4.78 is 11.0. The van der Waals surface area contributed by atoms with Crippen molar-refractivity contribution in [1.29, 1.82) is 0 Å². The Hall–Kier alpha value is -0.0800. The second-order valence-electron chi connectivity index (χ2n) is 3.53. The van der Waals surface area contributed by atoms with Gasteiger partial charge in [0.15, 0.2) is 0 Å². The lowest BCUT2D eigenvalue weighted by molar-refractivity contribution is -0.109. The highest BCUT2D eigenvalue weighted by molar-refractivity contribution is 4.76. The Kier molecular flexibility index (Phi) is 2.44. The molecule has 0 aromatic heterocycles. The van der Waals surface area contributed by atoms with Crippen molar-refractivity contribution in [2.75, 3.05) is 19.8 Å². The molecule has 2 nitrogen and oxygen atoms in total. The normalized spacial score (nSPS) is 34.4. The smallest absolute Gasteiger partial charge is 0.0837 e. The Morgan fingerprint density at radius 1 is 1.00 bits per heavy atom. The highest BCUT2D eigenvalue weighted by atomic mass is 16.6. The third-order valence-corrected chi connectivity index (χ3v) is 2.77. The van der Waals surface area contributed by atoms with Gasteiger partial charge in [0.05, 0.1) is 25.9 Å². The van der Waals surface area contributed by atoms with Gasteiger partial charge in [-0.25, -0.2) is 0 Å². The van der Waals surface area contributed by atoms with E-state index >= 15 is 0 Å². The predicted octanol–water partition coefficient (Wildman–Crippen LogP) is 1.59. The van der Waals surface area contributed by atoms with Gasteiger partial charge in [-0.1, -0.05) is 12.8 Å². The van der Waals surface area contributed by atoms with Crippen molar-refractivity contribution in [2.45, 2.75) is 31.8 Å². The SMILES string of the molecule is C1CCC(C2COCCO2)C1. The summed E-state index contributed by atoms with van der Waals surface area (Å²) in [5.41, 5.74) is 0. The predicted molar refractivity (Wildman–Crippen MR) is 42.5 cm³/mol. The zero-order valence-electron chi connectivity index (χ0n) is 6.92. The molecule has 0 radical (unpaired) electrons. The van der Waals surface area contributed by atoms with Crippen LogP contribution in [0.4, 0.5) is 0 Å². The van der Waals surface area contributed by atoms with Gasteiger partial charge < -0.3 is 9.47 Å². The Labute approximate surface area is 67.9 Å². The molecular formula is C9H16O2. The molecule has 1 unspecified atom stereocenters. The highest BCUT2D eigenvalue weighted by Crippen LogP contribution is 2.30. The first-order valence-electron chi connectivity index (χ1n) is 4.66. The van der Waals surface area contributed by atoms with Crippen LogP contribution in [0.1, 0.15) is 25.7 Å². The lowest BCUT2D eigenvalue weighted by Gasteiger charge is -2.27. The summed E-state index contributed by atoms with van der Waals surface area (Å²) in [7, 11) is 0. The molecule has 1 saturated carbocycles. The van der Waals surface area contributed by atoms with Gasteiger partial charge in [0.1, 0.15) is 0 Å². The summed E-state index contributed by atoms with van der Waals surface area (Å²) in [5, 5.41) is 0. The van der Waals surface area contributed by atoms with E-state index in [1.54, 1.807) is 0 Å². The fourth-order valence-corrected chi connectivity index (χ4v) is 2.11. The van der Waals surface area contributed by atoms with Gasteiger partial charge in [0.2, 0.25) is 0 Å². The van der Waals surface area contributed by atoms with E-state index in [0.29, 0.717) is 6.10 Å². The van der Waals surface area contributed by atoms with E-state index in [1.165, 1.54) is 25.7 Å². The van der Waals surface area contributed by atoms with E-state index < -0.39 is 0 Å². The third kappa shape index (κ3) is 1.74. The average molecular weight is 156 g/mol. The number of hydrogen-bond acceptors (Lipinski definition) is 2. The van der Waals surface area contributed by atoms with Crippen LogP contribution < -0.4 is 0 Å². The molecule has 0 amide bonds. The second kappa shape index (κ2) is 3.55. The van der Waals surface area contributed by atoms with Crippen LogP contribution in [0.3, 0.4) is 0 Å². The van der Waals surface area contributed by atoms with Crippen molar-refractivity contribution < 1.29 is 9.47 Å². The van der Waals surface area contributed by atoms with Gasteiger partial charge in [-0.05, 0) is 18.8 Å². The lowest BCUT2D eigenvalue weighted by Crippen LogP contribution is -2.33. The molecule has 2 heteroatoms. The molecular weight excluding hydrogens is 140 g/mol. The summed E-state index contributed by atoms with van der Waals surface area (Å²) in [6.45, 7) is 2.44. The van der Waals surface area contributed by atoms with Crippen LogP contribution in [-0.2, 0) is 9.47 Å². The van der Waals surface area contributed by atoms with Gasteiger partial charge in [0.25, 0.3) is 0 Å². The van der Waals surface area contributed by atoms with Gasteiger partial charge in [-0.3, -0.25) is 0 Å². The number of hydrogen-bond donors (Lipinski definition) is 0. The topological polar surface area (TPSA) is 18.5 Å². The van der Waals surface area contributed by atoms with Crippen molar-refractivity contribution >= 4 is 0 Å². The molecule has 2 rings (SSSR count). The van der Waals surface area contributed by atoms with Crippen LogP contribution in [0.25, 0.3) is 0 Å². The summed E-state index contributed by atoms with van der Waals surface area (Å²) in [6.07, 6.45) is 5.92. The minimum Gasteiger partial charge on any atom is -0.376 e. The molecule has 2 aliphatic rings. The average Bonchev–Trinajstić information content (AvgIpc) is 2.58. The summed E-state index contributed by atoms with van der Waals surface area (Å²) in [6, 6.07) is 0. The van der Waals surface area contributed by atoms with Crippen LogP contribution in [0.2, 0.25) is 0 Å². The lowest BCUT2D eigenvalue weighted by atomic mass is 10.0. The first kappa shape index (κ1) is 7.56. The van der Waals surface area contributed by atoms with Crippen LogP contribution >= 0.6 is 0 Å². The molecule has 0 spiro atoms. The molecule has 1 atom stereocenters. The molecule has 0 bridgehead atoms. The molecule has 0 aromatic carbocycles. The first-order chi connectivity index (χ1) is 5.47. The molecule has 64 valence electrons. The Balaban J connectivity index is 1.82. The van der Waals surface area contributed by atoms with Crippen LogP contribution in [0.5, 0.6) is 0 Å². The van der Waals surface area contributed by atoms with Gasteiger partial charge in [-0.15, -0.1) is 0 Å². The maximum Gasteiger partial charge on any atom is 0.0837 e. The van der Waals surface area contributed by atoms with Gasteiger partial charge in [-0.2, -0.15) is 0 Å². The third-order valence-electron chi connectivity index (χ3n) is 2.77. The van der Waals surface area contributed by atoms with E-state index in [1.807, 2.05) is 0 Å². The first-order valence-corrected chi connectivity index (χ1v) is 4.66. The van der Waals surface area contributed by atoms with Gasteiger partial charge in [0, 0.05) is 0 Å². The van der Waals surface area contributed by atoms with Crippen LogP contribution in [0, 0.1) is 5.92 Å². The van der Waals surface area contributed by atoms with E-state index in [2.05, 4.69) is 0 Å². The number of rotatable bonds is 1. The maximum absolute atomic E-state index is 5.64. The summed E-state index contributed by atoms with van der Waals surface area (Å²) in [4.78, 5) is 0. The molecule has 2 fully saturated rings. The Morgan fingerprint density at radius 3 is 2.45 bits per heavy atom. The quantitative estimate of drug-likeness (QED) is 0.574. The zero-order chi connectivity index (χ0) is 7.52. The Morgan fingerprint density at radius 2 is 1.82 bits per heavy atom. The monoisotopic (exact) mass is 156 g/mol. The van der Waals surface area contributed by atoms with Crippen molar-refractivity contribution in [3.63, 3.8) is 0 Å². The fraction of sp³-hybridized carbons (Fsp3) is 1.00. The minimum atomic E-state index is 0.422. The highest BCUT2D eigenvalue weighted by Gasteiger charge is 2.27. The summed E-state index contributed by atoms with van der Waals surface area (Å²) in [5.74, 6) is 0.801.